The molecule has 1 N–H and O–H groups in total. The molecule has 1 aromatic heterocycles. The fourth-order valence-corrected chi connectivity index (χ4v) is 3.61. The molecule has 2 aromatic carbocycles. The first-order valence-electron chi connectivity index (χ1n) is 9.94. The van der Waals surface area contributed by atoms with Gasteiger partial charge in [-0.3, -0.25) is 4.90 Å². The van der Waals surface area contributed by atoms with Crippen molar-refractivity contribution in [3.63, 3.8) is 0 Å². The first-order chi connectivity index (χ1) is 14.2. The highest BCUT2D eigenvalue weighted by molar-refractivity contribution is 5.93. The van der Waals surface area contributed by atoms with Crippen molar-refractivity contribution in [2.24, 2.45) is 0 Å². The van der Waals surface area contributed by atoms with Gasteiger partial charge in [-0.25, -0.2) is 4.79 Å². The third kappa shape index (κ3) is 4.46. The summed E-state index contributed by atoms with van der Waals surface area (Å²) < 4.78 is 5.05. The first kappa shape index (κ1) is 19.1. The van der Waals surface area contributed by atoms with Crippen molar-refractivity contribution in [2.75, 3.05) is 37.7 Å². The predicted octanol–water partition coefficient (Wildman–Crippen LogP) is 2.97. The Balaban J connectivity index is 1.38. The summed E-state index contributed by atoms with van der Waals surface area (Å²) in [7, 11) is 0. The van der Waals surface area contributed by atoms with E-state index >= 15 is 0 Å². The number of hydrogen-bond donors (Lipinski definition) is 1. The summed E-state index contributed by atoms with van der Waals surface area (Å²) in [5.74, 6) is -0.463. The number of anilines is 1. The fourth-order valence-electron chi connectivity index (χ4n) is 3.61. The summed E-state index contributed by atoms with van der Waals surface area (Å²) in [6.45, 7) is 7.12. The van der Waals surface area contributed by atoms with Gasteiger partial charge in [-0.1, -0.05) is 42.5 Å². The second-order valence-electron chi connectivity index (χ2n) is 7.04. The summed E-state index contributed by atoms with van der Waals surface area (Å²) in [6.07, 6.45) is 0. The Hall–Kier alpha value is -3.19. The van der Waals surface area contributed by atoms with Crippen LogP contribution in [0.25, 0.3) is 11.3 Å². The van der Waals surface area contributed by atoms with Crippen LogP contribution in [0, 0.1) is 0 Å². The minimum absolute atomic E-state index is 0.217. The van der Waals surface area contributed by atoms with Gasteiger partial charge in [-0.05, 0) is 24.6 Å². The van der Waals surface area contributed by atoms with Gasteiger partial charge in [-0.2, -0.15) is 10.3 Å². The zero-order valence-electron chi connectivity index (χ0n) is 16.5. The molecule has 4 rings (SSSR count). The van der Waals surface area contributed by atoms with Crippen LogP contribution in [0.4, 0.5) is 5.69 Å². The molecular formula is C22H25N5O2. The molecule has 0 radical (unpaired) electrons. The molecule has 2 heterocycles. The number of carbonyl (C=O) groups excluding carboxylic acids is 1. The number of aromatic nitrogens is 3. The van der Waals surface area contributed by atoms with Gasteiger partial charge in [0.05, 0.1) is 6.61 Å². The van der Waals surface area contributed by atoms with Crippen LogP contribution < -0.4 is 4.90 Å². The van der Waals surface area contributed by atoms with Gasteiger partial charge < -0.3 is 9.64 Å². The van der Waals surface area contributed by atoms with E-state index in [0.29, 0.717) is 12.3 Å². The van der Waals surface area contributed by atoms with E-state index in [0.717, 1.165) is 38.3 Å². The van der Waals surface area contributed by atoms with E-state index in [1.165, 1.54) is 11.3 Å². The van der Waals surface area contributed by atoms with Crippen molar-refractivity contribution in [1.29, 1.82) is 0 Å². The summed E-state index contributed by atoms with van der Waals surface area (Å²) >= 11 is 0. The molecule has 0 atom stereocenters. The molecule has 0 bridgehead atoms. The first-order valence-corrected chi connectivity index (χ1v) is 9.94. The summed E-state index contributed by atoms with van der Waals surface area (Å²) in [5.41, 5.74) is 4.11. The highest BCUT2D eigenvalue weighted by Gasteiger charge is 2.20. The average Bonchev–Trinajstić information content (AvgIpc) is 3.26. The minimum atomic E-state index is -0.463. The van der Waals surface area contributed by atoms with Crippen LogP contribution in [0.5, 0.6) is 0 Å². The number of nitrogens with one attached hydrogen (secondary N) is 1. The van der Waals surface area contributed by atoms with E-state index in [4.69, 9.17) is 4.74 Å². The maximum atomic E-state index is 12.0. The Labute approximate surface area is 170 Å². The zero-order chi connectivity index (χ0) is 20.1. The number of esters is 1. The molecule has 0 unspecified atom stereocenters. The smallest absolute Gasteiger partial charge is 0.361 e. The van der Waals surface area contributed by atoms with Gasteiger partial charge in [0.25, 0.3) is 0 Å². The average molecular weight is 391 g/mol. The number of ether oxygens (including phenoxy) is 1. The number of carbonyl (C=O) groups is 1. The molecule has 1 saturated heterocycles. The van der Waals surface area contributed by atoms with Crippen LogP contribution >= 0.6 is 0 Å². The highest BCUT2D eigenvalue weighted by atomic mass is 16.5. The van der Waals surface area contributed by atoms with Crippen molar-refractivity contribution < 1.29 is 9.53 Å². The maximum absolute atomic E-state index is 12.0. The number of hydrogen-bond acceptors (Lipinski definition) is 6. The van der Waals surface area contributed by atoms with Crippen molar-refractivity contribution in [3.05, 3.63) is 65.9 Å². The maximum Gasteiger partial charge on any atom is 0.361 e. The minimum Gasteiger partial charge on any atom is -0.461 e. The molecule has 1 aliphatic heterocycles. The van der Waals surface area contributed by atoms with E-state index in [1.54, 1.807) is 6.92 Å². The quantitative estimate of drug-likeness (QED) is 0.651. The lowest BCUT2D eigenvalue weighted by Crippen LogP contribution is -2.45. The Bertz CT molecular complexity index is 931. The lowest BCUT2D eigenvalue weighted by Gasteiger charge is -2.36. The van der Waals surface area contributed by atoms with E-state index in [-0.39, 0.29) is 5.69 Å². The molecule has 1 fully saturated rings. The van der Waals surface area contributed by atoms with E-state index < -0.39 is 5.97 Å². The van der Waals surface area contributed by atoms with Crippen LogP contribution in [-0.2, 0) is 11.3 Å². The Morgan fingerprint density at radius 3 is 2.41 bits per heavy atom. The molecule has 29 heavy (non-hydrogen) atoms. The molecule has 0 amide bonds. The standard InChI is InChI=1S/C22H25N5O2/c1-2-29-22(28)21-20(23-25-24-21)18-8-10-19(11-9-18)27-14-12-26(13-15-27)16-17-6-4-3-5-7-17/h3-11H,2,12-16H2,1H3,(H,23,24,25). The Morgan fingerprint density at radius 2 is 1.72 bits per heavy atom. The predicted molar refractivity (Wildman–Crippen MR) is 112 cm³/mol. The number of rotatable bonds is 6. The summed E-state index contributed by atoms with van der Waals surface area (Å²) in [4.78, 5) is 16.9. The topological polar surface area (TPSA) is 74.3 Å². The second-order valence-corrected chi connectivity index (χ2v) is 7.04. The number of nitrogens with zero attached hydrogens (tertiary/aromatic N) is 4. The van der Waals surface area contributed by atoms with Gasteiger partial charge in [0.15, 0.2) is 5.69 Å². The van der Waals surface area contributed by atoms with Gasteiger partial charge in [-0.15, -0.1) is 5.10 Å². The normalized spacial score (nSPS) is 14.7. The Morgan fingerprint density at radius 1 is 1.00 bits per heavy atom. The molecule has 150 valence electrons. The van der Waals surface area contributed by atoms with E-state index in [2.05, 4.69) is 67.7 Å². The fraction of sp³-hybridized carbons (Fsp3) is 0.318. The Kier molecular flexibility index (Phi) is 5.86. The molecule has 7 heteroatoms. The lowest BCUT2D eigenvalue weighted by atomic mass is 10.1. The van der Waals surface area contributed by atoms with E-state index in [1.807, 2.05) is 12.1 Å². The van der Waals surface area contributed by atoms with Crippen molar-refractivity contribution >= 4 is 11.7 Å². The zero-order valence-corrected chi connectivity index (χ0v) is 16.5. The van der Waals surface area contributed by atoms with Crippen molar-refractivity contribution in [3.8, 4) is 11.3 Å². The van der Waals surface area contributed by atoms with Crippen LogP contribution in [0.3, 0.4) is 0 Å². The number of piperazine rings is 1. The van der Waals surface area contributed by atoms with Crippen LogP contribution in [0.1, 0.15) is 23.0 Å². The number of benzene rings is 2. The van der Waals surface area contributed by atoms with Crippen LogP contribution in [0.2, 0.25) is 0 Å². The third-order valence-corrected chi connectivity index (χ3v) is 5.14. The molecule has 0 saturated carbocycles. The van der Waals surface area contributed by atoms with Gasteiger partial charge in [0.1, 0.15) is 5.69 Å². The molecule has 0 spiro atoms. The monoisotopic (exact) mass is 391 g/mol. The lowest BCUT2D eigenvalue weighted by molar-refractivity contribution is 0.0520. The SMILES string of the molecule is CCOC(=O)c1n[nH]nc1-c1ccc(N2CCN(Cc3ccccc3)CC2)cc1. The summed E-state index contributed by atoms with van der Waals surface area (Å²) in [6, 6.07) is 18.7. The van der Waals surface area contributed by atoms with Gasteiger partial charge in [0, 0.05) is 44.0 Å². The van der Waals surface area contributed by atoms with Crippen LogP contribution in [0.15, 0.2) is 54.6 Å². The number of H-pyrrole nitrogens is 1. The van der Waals surface area contributed by atoms with E-state index in [9.17, 15) is 4.79 Å². The van der Waals surface area contributed by atoms with Gasteiger partial charge in [0.2, 0.25) is 0 Å². The molecular weight excluding hydrogens is 366 g/mol. The van der Waals surface area contributed by atoms with Crippen LogP contribution in [-0.4, -0.2) is 59.1 Å². The molecule has 7 nitrogen and oxygen atoms in total. The van der Waals surface area contributed by atoms with Crippen molar-refractivity contribution in [2.45, 2.75) is 13.5 Å². The second kappa shape index (κ2) is 8.87. The molecule has 1 aliphatic rings. The van der Waals surface area contributed by atoms with Crippen molar-refractivity contribution in [1.82, 2.24) is 20.3 Å². The number of aromatic amines is 1. The third-order valence-electron chi connectivity index (χ3n) is 5.14. The largest absolute Gasteiger partial charge is 0.461 e. The highest BCUT2D eigenvalue weighted by Crippen LogP contribution is 2.25. The van der Waals surface area contributed by atoms with Gasteiger partial charge >= 0.3 is 5.97 Å². The molecule has 3 aromatic rings. The summed E-state index contributed by atoms with van der Waals surface area (Å²) in [5, 5.41) is 10.6. The molecule has 0 aliphatic carbocycles.